The van der Waals surface area contributed by atoms with Crippen LogP contribution in [0.1, 0.15) is 32.1 Å². The maximum atomic E-state index is 8.31. The molecule has 13 heavy (non-hydrogen) atoms. The fourth-order valence-corrected chi connectivity index (χ4v) is 1.52. The molecule has 1 atom stereocenters. The van der Waals surface area contributed by atoms with Gasteiger partial charge >= 0.3 is 0 Å². The molecule has 0 aliphatic carbocycles. The number of rotatable bonds is 5. The molecule has 1 N–H and O–H groups in total. The highest BCUT2D eigenvalue weighted by atomic mass is 16.5. The van der Waals surface area contributed by atoms with Crippen LogP contribution in [0, 0.1) is 11.3 Å². The maximum Gasteiger partial charge on any atom is 0.0699 e. The van der Waals surface area contributed by atoms with E-state index in [0.717, 1.165) is 32.5 Å². The smallest absolute Gasteiger partial charge is 0.0699 e. The third-order valence-electron chi connectivity index (χ3n) is 2.29. The van der Waals surface area contributed by atoms with Crippen LogP contribution in [0.25, 0.3) is 0 Å². The van der Waals surface area contributed by atoms with Crippen molar-refractivity contribution < 1.29 is 4.74 Å². The van der Waals surface area contributed by atoms with Gasteiger partial charge < -0.3 is 10.1 Å². The summed E-state index contributed by atoms with van der Waals surface area (Å²) in [6.45, 7) is 2.95. The number of nitrogens with zero attached hydrogens (tertiary/aromatic N) is 1. The number of hydrogen-bond donors (Lipinski definition) is 1. The molecule has 1 aliphatic rings. The van der Waals surface area contributed by atoms with Crippen LogP contribution < -0.4 is 5.32 Å². The molecule has 1 rings (SSSR count). The van der Waals surface area contributed by atoms with E-state index in [1.807, 2.05) is 0 Å². The predicted molar refractivity (Wildman–Crippen MR) is 51.3 cm³/mol. The van der Waals surface area contributed by atoms with E-state index in [-0.39, 0.29) is 0 Å². The molecular weight excluding hydrogens is 164 g/mol. The Morgan fingerprint density at radius 2 is 2.38 bits per heavy atom. The predicted octanol–water partition coefficient (Wildman–Crippen LogP) is 1.45. The molecule has 3 heteroatoms. The molecule has 0 aromatic carbocycles. The van der Waals surface area contributed by atoms with E-state index in [0.29, 0.717) is 12.5 Å². The van der Waals surface area contributed by atoms with E-state index in [1.54, 1.807) is 0 Å². The van der Waals surface area contributed by atoms with Crippen LogP contribution in [0.2, 0.25) is 0 Å². The van der Waals surface area contributed by atoms with Crippen molar-refractivity contribution in [3.8, 4) is 6.07 Å². The fourth-order valence-electron chi connectivity index (χ4n) is 1.52. The number of nitriles is 1. The topological polar surface area (TPSA) is 45.0 Å². The first-order valence-corrected chi connectivity index (χ1v) is 5.13. The molecule has 0 saturated carbocycles. The Hall–Kier alpha value is -0.590. The lowest BCUT2D eigenvalue weighted by atomic mass is 10.1. The van der Waals surface area contributed by atoms with E-state index in [2.05, 4.69) is 11.4 Å². The monoisotopic (exact) mass is 182 g/mol. The van der Waals surface area contributed by atoms with Crippen molar-refractivity contribution in [2.24, 2.45) is 0 Å². The summed E-state index contributed by atoms with van der Waals surface area (Å²) >= 11 is 0. The molecule has 0 spiro atoms. The van der Waals surface area contributed by atoms with Gasteiger partial charge in [0.25, 0.3) is 0 Å². The van der Waals surface area contributed by atoms with Gasteiger partial charge in [0.05, 0.1) is 12.2 Å². The Morgan fingerprint density at radius 3 is 3.08 bits per heavy atom. The van der Waals surface area contributed by atoms with Crippen molar-refractivity contribution in [1.82, 2.24) is 5.32 Å². The van der Waals surface area contributed by atoms with Gasteiger partial charge in [-0.15, -0.1) is 0 Å². The summed E-state index contributed by atoms with van der Waals surface area (Å²) in [5.41, 5.74) is 0. The van der Waals surface area contributed by atoms with Crippen LogP contribution >= 0.6 is 0 Å². The Balaban J connectivity index is 1.90. The van der Waals surface area contributed by atoms with Crippen LogP contribution in [0.15, 0.2) is 0 Å². The Morgan fingerprint density at radius 1 is 1.46 bits per heavy atom. The summed E-state index contributed by atoms with van der Waals surface area (Å²) < 4.78 is 5.66. The van der Waals surface area contributed by atoms with Crippen molar-refractivity contribution in [3.05, 3.63) is 0 Å². The number of ether oxygens (including phenoxy) is 1. The van der Waals surface area contributed by atoms with Gasteiger partial charge in [0, 0.05) is 19.6 Å². The minimum atomic E-state index is 0.413. The Bertz CT molecular complexity index is 159. The van der Waals surface area contributed by atoms with Gasteiger partial charge in [0.2, 0.25) is 0 Å². The average molecular weight is 182 g/mol. The molecule has 1 saturated heterocycles. The standard InChI is InChI=1S/C10H18N2O/c11-6-2-1-3-8-13-10-5-4-7-12-9-10/h10,12H,1-5,7-9H2. The first-order chi connectivity index (χ1) is 6.43. The lowest BCUT2D eigenvalue weighted by Crippen LogP contribution is -2.35. The summed E-state index contributed by atoms with van der Waals surface area (Å²) in [5, 5.41) is 11.6. The Kier molecular flexibility index (Phi) is 5.55. The van der Waals surface area contributed by atoms with Gasteiger partial charge in [-0.3, -0.25) is 0 Å². The highest BCUT2D eigenvalue weighted by molar-refractivity contribution is 4.70. The van der Waals surface area contributed by atoms with E-state index in [4.69, 9.17) is 10.00 Å². The van der Waals surface area contributed by atoms with Crippen LogP contribution in [0.5, 0.6) is 0 Å². The molecule has 1 fully saturated rings. The molecule has 74 valence electrons. The molecule has 0 bridgehead atoms. The minimum Gasteiger partial charge on any atom is -0.377 e. The molecule has 1 unspecified atom stereocenters. The zero-order valence-corrected chi connectivity index (χ0v) is 8.09. The highest BCUT2D eigenvalue weighted by Crippen LogP contribution is 2.06. The van der Waals surface area contributed by atoms with Crippen molar-refractivity contribution in [3.63, 3.8) is 0 Å². The molecule has 3 nitrogen and oxygen atoms in total. The number of hydrogen-bond acceptors (Lipinski definition) is 3. The third-order valence-corrected chi connectivity index (χ3v) is 2.29. The zero-order valence-electron chi connectivity index (χ0n) is 8.09. The summed E-state index contributed by atoms with van der Waals surface area (Å²) in [7, 11) is 0. The SMILES string of the molecule is N#CCCCCOC1CCCNC1. The van der Waals surface area contributed by atoms with Gasteiger partial charge in [-0.05, 0) is 32.2 Å². The molecule has 0 amide bonds. The molecular formula is C10H18N2O. The van der Waals surface area contributed by atoms with Crippen molar-refractivity contribution in [1.29, 1.82) is 5.26 Å². The zero-order chi connectivity index (χ0) is 9.36. The van der Waals surface area contributed by atoms with E-state index < -0.39 is 0 Å². The second kappa shape index (κ2) is 6.88. The average Bonchev–Trinajstić information content (AvgIpc) is 2.19. The number of piperidine rings is 1. The molecule has 0 aromatic heterocycles. The second-order valence-corrected chi connectivity index (χ2v) is 3.45. The molecule has 0 radical (unpaired) electrons. The first-order valence-electron chi connectivity index (χ1n) is 5.13. The van der Waals surface area contributed by atoms with E-state index >= 15 is 0 Å². The third kappa shape index (κ3) is 4.87. The normalized spacial score (nSPS) is 22.5. The van der Waals surface area contributed by atoms with Gasteiger partial charge in [-0.25, -0.2) is 0 Å². The first kappa shape index (κ1) is 10.5. The lowest BCUT2D eigenvalue weighted by Gasteiger charge is -2.22. The quantitative estimate of drug-likeness (QED) is 0.654. The number of unbranched alkanes of at least 4 members (excludes halogenated alkanes) is 2. The molecule has 1 aliphatic heterocycles. The second-order valence-electron chi connectivity index (χ2n) is 3.45. The van der Waals surface area contributed by atoms with Gasteiger partial charge in [-0.2, -0.15) is 5.26 Å². The van der Waals surface area contributed by atoms with Crippen molar-refractivity contribution >= 4 is 0 Å². The van der Waals surface area contributed by atoms with Gasteiger partial charge in [-0.1, -0.05) is 0 Å². The van der Waals surface area contributed by atoms with Crippen LogP contribution in [0.3, 0.4) is 0 Å². The van der Waals surface area contributed by atoms with Crippen LogP contribution in [0.4, 0.5) is 0 Å². The van der Waals surface area contributed by atoms with Crippen molar-refractivity contribution in [2.45, 2.75) is 38.2 Å². The minimum absolute atomic E-state index is 0.413. The van der Waals surface area contributed by atoms with Gasteiger partial charge in [0.1, 0.15) is 0 Å². The van der Waals surface area contributed by atoms with Crippen LogP contribution in [-0.2, 0) is 4.74 Å². The van der Waals surface area contributed by atoms with Crippen LogP contribution in [-0.4, -0.2) is 25.8 Å². The Labute approximate surface area is 80.1 Å². The largest absolute Gasteiger partial charge is 0.377 e. The van der Waals surface area contributed by atoms with Crippen molar-refractivity contribution in [2.75, 3.05) is 19.7 Å². The summed E-state index contributed by atoms with van der Waals surface area (Å²) in [6.07, 6.45) is 5.47. The van der Waals surface area contributed by atoms with Gasteiger partial charge in [0.15, 0.2) is 0 Å². The maximum absolute atomic E-state index is 8.31. The number of nitrogens with one attached hydrogen (secondary N) is 1. The molecule has 1 heterocycles. The van der Waals surface area contributed by atoms with E-state index in [9.17, 15) is 0 Å². The molecule has 0 aromatic rings. The van der Waals surface area contributed by atoms with E-state index in [1.165, 1.54) is 12.8 Å². The summed E-state index contributed by atoms with van der Waals surface area (Å²) in [5.74, 6) is 0. The fraction of sp³-hybridized carbons (Fsp3) is 0.900. The summed E-state index contributed by atoms with van der Waals surface area (Å²) in [4.78, 5) is 0. The highest BCUT2D eigenvalue weighted by Gasteiger charge is 2.12. The lowest BCUT2D eigenvalue weighted by molar-refractivity contribution is 0.0351. The summed E-state index contributed by atoms with van der Waals surface area (Å²) in [6, 6.07) is 2.14.